The minimum atomic E-state index is -4.67. The zero-order chi connectivity index (χ0) is 23.0. The fourth-order valence-electron chi connectivity index (χ4n) is 3.25. The third-order valence-electron chi connectivity index (χ3n) is 4.83. The molecule has 0 amide bonds. The van der Waals surface area contributed by atoms with Crippen LogP contribution in [0.4, 0.5) is 24.5 Å². The van der Waals surface area contributed by atoms with Crippen molar-refractivity contribution in [3.8, 4) is 11.5 Å². The molecule has 4 rings (SSSR count). The maximum atomic E-state index is 13.0. The number of carboxylic acid groups (broad SMARTS) is 1. The molecule has 0 aliphatic carbocycles. The Morgan fingerprint density at radius 3 is 2.66 bits per heavy atom. The minimum Gasteiger partial charge on any atom is -0.480 e. The highest BCUT2D eigenvalue weighted by molar-refractivity contribution is 8.16. The zero-order valence-corrected chi connectivity index (χ0v) is 16.9. The van der Waals surface area contributed by atoms with Crippen molar-refractivity contribution in [1.82, 2.24) is 0 Å². The normalized spacial score (nSPS) is 17.9. The van der Waals surface area contributed by atoms with E-state index in [-0.39, 0.29) is 5.75 Å². The fraction of sp³-hybridized carbons (Fsp3) is 0.250. The van der Waals surface area contributed by atoms with Crippen molar-refractivity contribution in [1.29, 1.82) is 0 Å². The number of carboxylic acids is 1. The number of rotatable bonds is 5. The molecule has 0 radical (unpaired) electrons. The van der Waals surface area contributed by atoms with Crippen LogP contribution in [0.1, 0.15) is 17.5 Å². The second kappa shape index (κ2) is 8.26. The Hall–Kier alpha value is -3.41. The van der Waals surface area contributed by atoms with E-state index in [1.165, 1.54) is 17.8 Å². The summed E-state index contributed by atoms with van der Waals surface area (Å²) in [6.45, 7) is 0. The molecule has 0 saturated carbocycles. The number of aryl methyl sites for hydroxylation is 1. The summed E-state index contributed by atoms with van der Waals surface area (Å²) in [5.74, 6) is -1.02. The summed E-state index contributed by atoms with van der Waals surface area (Å²) in [6.07, 6.45) is -3.65. The Morgan fingerprint density at radius 1 is 1.22 bits per heavy atom. The van der Waals surface area contributed by atoms with Crippen molar-refractivity contribution < 1.29 is 32.7 Å². The molecule has 2 aliphatic rings. The molecule has 0 aromatic heterocycles. The van der Waals surface area contributed by atoms with Gasteiger partial charge in [0.2, 0.25) is 5.75 Å². The van der Waals surface area contributed by atoms with E-state index in [0.717, 1.165) is 11.6 Å². The lowest BCUT2D eigenvalue weighted by Gasteiger charge is -2.17. The molecular weight excluding hydrogens is 451 g/mol. The molecule has 0 fully saturated rings. The maximum absolute atomic E-state index is 13.0. The number of aliphatic imine (C=N–C) groups is 2. The van der Waals surface area contributed by atoms with Crippen molar-refractivity contribution in [3.63, 3.8) is 0 Å². The summed E-state index contributed by atoms with van der Waals surface area (Å²) in [4.78, 5) is 30.2. The number of aliphatic carboxylic acids is 1. The van der Waals surface area contributed by atoms with Gasteiger partial charge in [0.05, 0.1) is 21.9 Å². The number of hydrogen-bond acceptors (Lipinski definition) is 7. The van der Waals surface area contributed by atoms with Gasteiger partial charge < -0.3 is 9.84 Å². The van der Waals surface area contributed by atoms with Crippen LogP contribution in [0.3, 0.4) is 0 Å². The van der Waals surface area contributed by atoms with E-state index < -0.39 is 40.1 Å². The number of halogens is 3. The predicted molar refractivity (Wildman–Crippen MR) is 111 cm³/mol. The van der Waals surface area contributed by atoms with Gasteiger partial charge in [0.15, 0.2) is 6.04 Å². The minimum absolute atomic E-state index is 0.142. The van der Waals surface area contributed by atoms with Crippen molar-refractivity contribution in [2.45, 2.75) is 25.1 Å². The van der Waals surface area contributed by atoms with Crippen LogP contribution in [-0.4, -0.2) is 38.5 Å². The van der Waals surface area contributed by atoms with E-state index in [4.69, 9.17) is 9.84 Å². The largest absolute Gasteiger partial charge is 0.480 e. The number of carbonyl (C=O) groups is 1. The smallest absolute Gasteiger partial charge is 0.416 e. The number of benzene rings is 2. The molecule has 0 spiro atoms. The second-order valence-electron chi connectivity index (χ2n) is 6.99. The summed E-state index contributed by atoms with van der Waals surface area (Å²) in [6, 6.07) is 5.82. The number of fused-ring (bicyclic) bond motifs is 1. The number of hydrogen-bond donors (Lipinski definition) is 1. The molecule has 2 aromatic carbocycles. The summed E-state index contributed by atoms with van der Waals surface area (Å²) in [5, 5.41) is 20.9. The van der Waals surface area contributed by atoms with Crippen LogP contribution >= 0.6 is 11.8 Å². The Kier molecular flexibility index (Phi) is 5.63. The Labute approximate surface area is 183 Å². The second-order valence-corrected chi connectivity index (χ2v) is 8.00. The topological polar surface area (TPSA) is 114 Å². The first-order valence-corrected chi connectivity index (χ1v) is 10.3. The van der Waals surface area contributed by atoms with Crippen molar-refractivity contribution in [3.05, 3.63) is 57.6 Å². The Balaban J connectivity index is 1.60. The van der Waals surface area contributed by atoms with E-state index in [0.29, 0.717) is 47.2 Å². The highest BCUT2D eigenvalue weighted by Gasteiger charge is 2.33. The number of nitro benzene ring substituents is 1. The van der Waals surface area contributed by atoms with Crippen LogP contribution < -0.4 is 4.74 Å². The van der Waals surface area contributed by atoms with Gasteiger partial charge >= 0.3 is 17.8 Å². The van der Waals surface area contributed by atoms with E-state index in [9.17, 15) is 28.1 Å². The van der Waals surface area contributed by atoms with E-state index in [2.05, 4.69) is 9.98 Å². The van der Waals surface area contributed by atoms with E-state index >= 15 is 0 Å². The summed E-state index contributed by atoms with van der Waals surface area (Å²) in [7, 11) is 0. The van der Waals surface area contributed by atoms with Gasteiger partial charge in [-0.15, -0.1) is 11.8 Å². The van der Waals surface area contributed by atoms with Gasteiger partial charge in [-0.1, -0.05) is 0 Å². The maximum Gasteiger partial charge on any atom is 0.416 e. The number of alkyl halides is 3. The molecule has 166 valence electrons. The monoisotopic (exact) mass is 465 g/mol. The van der Waals surface area contributed by atoms with Crippen LogP contribution in [0.2, 0.25) is 0 Å². The Morgan fingerprint density at radius 2 is 2.00 bits per heavy atom. The molecule has 0 bridgehead atoms. The van der Waals surface area contributed by atoms with Gasteiger partial charge in [-0.05, 0) is 42.7 Å². The molecule has 2 aliphatic heterocycles. The molecule has 1 N–H and O–H groups in total. The van der Waals surface area contributed by atoms with Crippen LogP contribution in [-0.2, 0) is 17.4 Å². The quantitative estimate of drug-likeness (QED) is 0.490. The van der Waals surface area contributed by atoms with E-state index in [1.54, 1.807) is 12.1 Å². The van der Waals surface area contributed by atoms with Gasteiger partial charge in [0.25, 0.3) is 0 Å². The number of nitro groups is 1. The molecule has 1 atom stereocenters. The lowest BCUT2D eigenvalue weighted by Crippen LogP contribution is -2.17. The van der Waals surface area contributed by atoms with Crippen LogP contribution in [0, 0.1) is 10.1 Å². The standard InChI is InChI=1S/C20H14F3N3O5S/c21-20(22,23)11-2-6-16(26(29)30)17(8-11)31-12-3-5-13-10(7-12)1-4-14(24-13)18-25-15(9-32-18)19(27)28/h2-3,5-8,15H,1,4,9H2,(H,27,28)/t15-/m1/s1. The summed E-state index contributed by atoms with van der Waals surface area (Å²) >= 11 is 1.33. The van der Waals surface area contributed by atoms with Crippen LogP contribution in [0.5, 0.6) is 11.5 Å². The number of thioether (sulfide) groups is 1. The summed E-state index contributed by atoms with van der Waals surface area (Å²) in [5.41, 5.74) is 0.381. The molecule has 0 unspecified atom stereocenters. The molecule has 12 heteroatoms. The van der Waals surface area contributed by atoms with E-state index in [1.807, 2.05) is 0 Å². The third kappa shape index (κ3) is 4.44. The number of ether oxygens (including phenoxy) is 1. The first-order chi connectivity index (χ1) is 15.1. The van der Waals surface area contributed by atoms with Gasteiger partial charge in [-0.2, -0.15) is 13.2 Å². The third-order valence-corrected chi connectivity index (χ3v) is 5.93. The van der Waals surface area contributed by atoms with Gasteiger partial charge in [-0.25, -0.2) is 4.79 Å². The highest BCUT2D eigenvalue weighted by atomic mass is 32.2. The Bertz CT molecular complexity index is 1180. The van der Waals surface area contributed by atoms with Crippen LogP contribution in [0.15, 0.2) is 46.4 Å². The molecular formula is C20H14F3N3O5S. The van der Waals surface area contributed by atoms with Crippen LogP contribution in [0.25, 0.3) is 0 Å². The average Bonchev–Trinajstić information content (AvgIpc) is 3.23. The lowest BCUT2D eigenvalue weighted by atomic mass is 10.0. The summed E-state index contributed by atoms with van der Waals surface area (Å²) < 4.78 is 44.5. The van der Waals surface area contributed by atoms with Gasteiger partial charge in [-0.3, -0.25) is 20.1 Å². The molecule has 2 heterocycles. The predicted octanol–water partition coefficient (Wildman–Crippen LogP) is 5.02. The molecule has 32 heavy (non-hydrogen) atoms. The zero-order valence-electron chi connectivity index (χ0n) is 16.1. The van der Waals surface area contributed by atoms with Gasteiger partial charge in [0, 0.05) is 17.9 Å². The first kappa shape index (κ1) is 21.8. The SMILES string of the molecule is O=C(O)[C@H]1CSC(C2=Nc3ccc(Oc4cc(C(F)(F)F)ccc4[N+](=O)[O-])cc3CC2)=N1. The van der Waals surface area contributed by atoms with Gasteiger partial charge in [0.1, 0.15) is 10.8 Å². The molecule has 0 saturated heterocycles. The van der Waals surface area contributed by atoms with Crippen molar-refractivity contribution >= 4 is 39.9 Å². The highest BCUT2D eigenvalue weighted by Crippen LogP contribution is 2.39. The molecule has 2 aromatic rings. The average molecular weight is 465 g/mol. The number of nitrogens with zero attached hydrogens (tertiary/aromatic N) is 3. The molecule has 8 nitrogen and oxygen atoms in total. The van der Waals surface area contributed by atoms with Crippen molar-refractivity contribution in [2.24, 2.45) is 9.98 Å². The fourth-order valence-corrected chi connectivity index (χ4v) is 4.30. The first-order valence-electron chi connectivity index (χ1n) is 9.29. The lowest BCUT2D eigenvalue weighted by molar-refractivity contribution is -0.385. The van der Waals surface area contributed by atoms with Crippen molar-refractivity contribution in [2.75, 3.05) is 5.75 Å².